The number of nitrogens with zero attached hydrogens (tertiary/aromatic N) is 3. The van der Waals surface area contributed by atoms with Crippen LogP contribution in [0.3, 0.4) is 0 Å². The number of nitrogens with one attached hydrogen (secondary N) is 2. The van der Waals surface area contributed by atoms with Crippen molar-refractivity contribution in [1.29, 1.82) is 0 Å². The first-order valence-electron chi connectivity index (χ1n) is 4.08. The predicted octanol–water partition coefficient (Wildman–Crippen LogP) is -2.44. The van der Waals surface area contributed by atoms with Crippen LogP contribution in [-0.2, 0) is 9.73 Å². The van der Waals surface area contributed by atoms with Crippen LogP contribution >= 0.6 is 0 Å². The van der Waals surface area contributed by atoms with Crippen LogP contribution in [0.25, 0.3) is 0 Å². The van der Waals surface area contributed by atoms with Crippen LogP contribution in [0.15, 0.2) is 29.3 Å². The summed E-state index contributed by atoms with van der Waals surface area (Å²) in [5.41, 5.74) is 9.67. The van der Waals surface area contributed by atoms with Gasteiger partial charge < -0.3 is 10.3 Å². The Kier molecular flexibility index (Phi) is 4.56. The standard InChI is InChI=1S/C4H9N5O2.C2H2N2O/c5-3-1-7-11-9(3)2-4(10)8-6;1-3-2-5-4-1/h1,7H,2,5-6H2,(H,8,10);1-2H. The molecule has 2 rings (SSSR count). The zero-order valence-electron chi connectivity index (χ0n) is 8.16. The number of hydroxylamine groups is 3. The first-order chi connectivity index (χ1) is 7.74. The van der Waals surface area contributed by atoms with Gasteiger partial charge >= 0.3 is 0 Å². The lowest BCUT2D eigenvalue weighted by molar-refractivity contribution is -0.161. The van der Waals surface area contributed by atoms with E-state index in [0.29, 0.717) is 5.82 Å². The molecule has 1 amide bonds. The Labute approximate surface area is 90.1 Å². The van der Waals surface area contributed by atoms with Crippen molar-refractivity contribution in [2.75, 3.05) is 6.54 Å². The Hall–Kier alpha value is -2.33. The van der Waals surface area contributed by atoms with E-state index < -0.39 is 0 Å². The monoisotopic (exact) mass is 229 g/mol. The molecule has 0 fully saturated rings. The zero-order valence-corrected chi connectivity index (χ0v) is 8.16. The molecule has 10 nitrogen and oxygen atoms in total. The van der Waals surface area contributed by atoms with Gasteiger partial charge in [-0.1, -0.05) is 5.16 Å². The molecule has 1 aromatic heterocycles. The van der Waals surface area contributed by atoms with Gasteiger partial charge in [0.2, 0.25) is 6.39 Å². The molecule has 88 valence electrons. The first kappa shape index (κ1) is 11.7. The molecule has 0 unspecified atom stereocenters. The Morgan fingerprint density at radius 3 is 2.88 bits per heavy atom. The summed E-state index contributed by atoms with van der Waals surface area (Å²) in [6, 6.07) is 0. The molecule has 0 radical (unpaired) electrons. The summed E-state index contributed by atoms with van der Waals surface area (Å²) in [6.45, 7) is -0.0359. The van der Waals surface area contributed by atoms with Crippen molar-refractivity contribution in [3.63, 3.8) is 0 Å². The maximum absolute atomic E-state index is 10.6. The third-order valence-corrected chi connectivity index (χ3v) is 1.39. The quantitative estimate of drug-likeness (QED) is 0.247. The molecule has 0 spiro atoms. The van der Waals surface area contributed by atoms with Crippen molar-refractivity contribution in [2.24, 2.45) is 11.6 Å². The number of carbonyl (C=O) groups is 1. The zero-order chi connectivity index (χ0) is 11.8. The van der Waals surface area contributed by atoms with E-state index in [-0.39, 0.29) is 12.5 Å². The number of hydrazine groups is 1. The van der Waals surface area contributed by atoms with Gasteiger partial charge in [-0.05, 0) is 0 Å². The molecule has 2 heterocycles. The van der Waals surface area contributed by atoms with Gasteiger partial charge in [-0.3, -0.25) is 10.2 Å². The van der Waals surface area contributed by atoms with Crippen LogP contribution in [0.2, 0.25) is 0 Å². The molecule has 0 aromatic carbocycles. The molecular weight excluding hydrogens is 218 g/mol. The highest BCUT2D eigenvalue weighted by Crippen LogP contribution is 2.00. The normalized spacial score (nSPS) is 13.3. The number of hydrogen-bond acceptors (Lipinski definition) is 9. The van der Waals surface area contributed by atoms with Crippen molar-refractivity contribution in [3.05, 3.63) is 24.7 Å². The molecule has 1 aromatic rings. The smallest absolute Gasteiger partial charge is 0.256 e. The highest BCUT2D eigenvalue weighted by molar-refractivity contribution is 5.77. The lowest BCUT2D eigenvalue weighted by atomic mass is 10.6. The third kappa shape index (κ3) is 3.81. The van der Waals surface area contributed by atoms with Crippen LogP contribution in [0.5, 0.6) is 0 Å². The molecule has 16 heavy (non-hydrogen) atoms. The van der Waals surface area contributed by atoms with Crippen molar-refractivity contribution in [3.8, 4) is 0 Å². The third-order valence-electron chi connectivity index (χ3n) is 1.39. The summed E-state index contributed by atoms with van der Waals surface area (Å²) < 4.78 is 4.22. The van der Waals surface area contributed by atoms with Crippen molar-refractivity contribution in [2.45, 2.75) is 0 Å². The largest absolute Gasteiger partial charge is 0.382 e. The van der Waals surface area contributed by atoms with Gasteiger partial charge in [0.1, 0.15) is 12.4 Å². The minimum Gasteiger partial charge on any atom is -0.382 e. The SMILES string of the molecule is NNC(=O)CN1ONC=C1N.c1ncon1. The summed E-state index contributed by atoms with van der Waals surface area (Å²) in [5, 5.41) is 4.40. The Morgan fingerprint density at radius 2 is 2.50 bits per heavy atom. The fourth-order valence-corrected chi connectivity index (χ4v) is 0.711. The second-order valence-electron chi connectivity index (χ2n) is 2.46. The summed E-state index contributed by atoms with van der Waals surface area (Å²) in [4.78, 5) is 18.8. The molecule has 6 N–H and O–H groups in total. The number of carbonyl (C=O) groups excluding carboxylic acids is 1. The number of amides is 1. The summed E-state index contributed by atoms with van der Waals surface area (Å²) >= 11 is 0. The molecular formula is C6H11N7O3. The van der Waals surface area contributed by atoms with Crippen LogP contribution in [0.4, 0.5) is 0 Å². The Balaban J connectivity index is 0.000000212. The molecule has 0 aliphatic carbocycles. The van der Waals surface area contributed by atoms with E-state index in [9.17, 15) is 4.79 Å². The fraction of sp³-hybridized carbons (Fsp3) is 0.167. The lowest BCUT2D eigenvalue weighted by Crippen LogP contribution is -2.40. The predicted molar refractivity (Wildman–Crippen MR) is 49.8 cm³/mol. The minimum atomic E-state index is -0.384. The molecule has 0 bridgehead atoms. The molecule has 10 heteroatoms. The number of nitrogens with two attached hydrogens (primary N) is 2. The summed E-state index contributed by atoms with van der Waals surface area (Å²) in [5.74, 6) is 4.78. The van der Waals surface area contributed by atoms with E-state index in [0.717, 1.165) is 0 Å². The van der Waals surface area contributed by atoms with E-state index in [1.54, 1.807) is 0 Å². The first-order valence-corrected chi connectivity index (χ1v) is 4.08. The number of rotatable bonds is 2. The van der Waals surface area contributed by atoms with Gasteiger partial charge in [-0.2, -0.15) is 4.94 Å². The second-order valence-corrected chi connectivity index (χ2v) is 2.46. The van der Waals surface area contributed by atoms with Crippen molar-refractivity contribution < 1.29 is 14.3 Å². The van der Waals surface area contributed by atoms with Crippen LogP contribution < -0.4 is 22.5 Å². The highest BCUT2D eigenvalue weighted by Gasteiger charge is 2.15. The van der Waals surface area contributed by atoms with E-state index in [1.807, 2.05) is 5.43 Å². The van der Waals surface area contributed by atoms with Gasteiger partial charge in [-0.15, -0.1) is 0 Å². The van der Waals surface area contributed by atoms with Gasteiger partial charge in [0.25, 0.3) is 5.91 Å². The van der Waals surface area contributed by atoms with E-state index >= 15 is 0 Å². The lowest BCUT2D eigenvalue weighted by Gasteiger charge is -2.13. The minimum absolute atomic E-state index is 0.0359. The van der Waals surface area contributed by atoms with E-state index in [1.165, 1.54) is 24.0 Å². The molecule has 0 saturated heterocycles. The molecule has 0 atom stereocenters. The summed E-state index contributed by atoms with van der Waals surface area (Å²) in [7, 11) is 0. The fourth-order valence-electron chi connectivity index (χ4n) is 0.711. The van der Waals surface area contributed by atoms with Crippen LogP contribution in [-0.4, -0.2) is 27.7 Å². The van der Waals surface area contributed by atoms with Crippen LogP contribution in [0.1, 0.15) is 0 Å². The van der Waals surface area contributed by atoms with Gasteiger partial charge in [-0.25, -0.2) is 21.4 Å². The average molecular weight is 229 g/mol. The average Bonchev–Trinajstić information content (AvgIpc) is 2.94. The second kappa shape index (κ2) is 6.21. The van der Waals surface area contributed by atoms with E-state index in [4.69, 9.17) is 11.6 Å². The number of aromatic nitrogens is 2. The van der Waals surface area contributed by atoms with Gasteiger partial charge in [0.15, 0.2) is 6.33 Å². The van der Waals surface area contributed by atoms with Gasteiger partial charge in [0, 0.05) is 0 Å². The maximum Gasteiger partial charge on any atom is 0.256 e. The maximum atomic E-state index is 10.6. The number of hydrogen-bond donors (Lipinski definition) is 4. The van der Waals surface area contributed by atoms with E-state index in [2.05, 4.69) is 25.1 Å². The van der Waals surface area contributed by atoms with Crippen LogP contribution in [0, 0.1) is 0 Å². The topological polar surface area (TPSA) is 145 Å². The Bertz CT molecular complexity index is 321. The molecule has 0 saturated carbocycles. The Morgan fingerprint density at radius 1 is 1.69 bits per heavy atom. The molecule has 1 aliphatic rings. The van der Waals surface area contributed by atoms with Gasteiger partial charge in [0.05, 0.1) is 6.20 Å². The molecule has 1 aliphatic heterocycles. The van der Waals surface area contributed by atoms with Crippen molar-refractivity contribution >= 4 is 5.91 Å². The summed E-state index contributed by atoms with van der Waals surface area (Å²) in [6.07, 6.45) is 4.02. The van der Waals surface area contributed by atoms with Crippen molar-refractivity contribution in [1.82, 2.24) is 26.1 Å². The highest BCUT2D eigenvalue weighted by atomic mass is 16.8.